The standard InChI is InChI=1S/C6H10O/c1-2-3-4-5-6-7/h1-2H,3-6H2. The van der Waals surface area contributed by atoms with Crippen LogP contribution >= 0.6 is 0 Å². The molecule has 40 valence electrons. The van der Waals surface area contributed by atoms with Crippen molar-refractivity contribution in [3.05, 3.63) is 12.7 Å². The number of allylic oxidation sites excluding steroid dienone is 1. The summed E-state index contributed by atoms with van der Waals surface area (Å²) in [5, 5.41) is 9.75. The first-order valence-electron chi connectivity index (χ1n) is 2.53. The number of hydrogen-bond donors (Lipinski definition) is 0. The molecule has 7 heavy (non-hydrogen) atoms. The van der Waals surface area contributed by atoms with Gasteiger partial charge in [-0.25, -0.2) is 5.11 Å². The van der Waals surface area contributed by atoms with Crippen molar-refractivity contribution in [2.24, 2.45) is 0 Å². The molecule has 0 aliphatic rings. The van der Waals surface area contributed by atoms with Gasteiger partial charge in [0.05, 0.1) is 6.61 Å². The Morgan fingerprint density at radius 2 is 2.14 bits per heavy atom. The third-order valence-corrected chi connectivity index (χ3v) is 0.765. The van der Waals surface area contributed by atoms with E-state index in [1.165, 1.54) is 0 Å². The number of unbranched alkanes of at least 4 members (excludes halogenated alkanes) is 2. The summed E-state index contributed by atoms with van der Waals surface area (Å²) in [6.45, 7) is 5.08. The van der Waals surface area contributed by atoms with Crippen LogP contribution in [0.15, 0.2) is 6.08 Å². The molecule has 0 heterocycles. The summed E-state index contributed by atoms with van der Waals surface area (Å²) >= 11 is 0. The quantitative estimate of drug-likeness (QED) is 0.476. The largest absolute Gasteiger partial charge is 0.237 e. The molecule has 0 saturated heterocycles. The van der Waals surface area contributed by atoms with E-state index in [4.69, 9.17) is 6.58 Å². The zero-order valence-corrected chi connectivity index (χ0v) is 4.39. The molecule has 0 saturated carbocycles. The molecule has 0 rings (SSSR count). The Morgan fingerprint density at radius 3 is 2.57 bits per heavy atom. The van der Waals surface area contributed by atoms with Gasteiger partial charge in [0.2, 0.25) is 0 Å². The number of rotatable bonds is 4. The molecule has 0 aromatic rings. The zero-order chi connectivity index (χ0) is 5.54. The molecular formula is C6H10O. The summed E-state index contributed by atoms with van der Waals surface area (Å²) in [4.78, 5) is 0. The van der Waals surface area contributed by atoms with E-state index < -0.39 is 0 Å². The highest BCUT2D eigenvalue weighted by Crippen LogP contribution is 1.92. The van der Waals surface area contributed by atoms with Crippen LogP contribution in [0.25, 0.3) is 0 Å². The summed E-state index contributed by atoms with van der Waals surface area (Å²) in [5.41, 5.74) is 0. The maximum absolute atomic E-state index is 9.75. The van der Waals surface area contributed by atoms with Gasteiger partial charge in [-0.15, -0.1) is 0 Å². The molecule has 0 unspecified atom stereocenters. The maximum Gasteiger partial charge on any atom is 0.0822 e. The van der Waals surface area contributed by atoms with Crippen LogP contribution in [0.1, 0.15) is 19.3 Å². The average molecular weight is 98.1 g/mol. The van der Waals surface area contributed by atoms with Gasteiger partial charge in [0, 0.05) is 0 Å². The van der Waals surface area contributed by atoms with Crippen molar-refractivity contribution < 1.29 is 5.11 Å². The van der Waals surface area contributed by atoms with Gasteiger partial charge in [-0.2, -0.15) is 0 Å². The van der Waals surface area contributed by atoms with Gasteiger partial charge in [0.25, 0.3) is 0 Å². The molecule has 0 amide bonds. The Hall–Kier alpha value is -0.300. The van der Waals surface area contributed by atoms with Gasteiger partial charge in [0.15, 0.2) is 0 Å². The molecule has 0 spiro atoms. The summed E-state index contributed by atoms with van der Waals surface area (Å²) in [7, 11) is 0. The minimum Gasteiger partial charge on any atom is -0.237 e. The molecule has 0 aliphatic heterocycles. The van der Waals surface area contributed by atoms with Crippen LogP contribution in [0.2, 0.25) is 0 Å². The minimum atomic E-state index is 0.0356. The van der Waals surface area contributed by atoms with Gasteiger partial charge in [0.1, 0.15) is 0 Å². The molecule has 0 bridgehead atoms. The first kappa shape index (κ1) is 6.70. The lowest BCUT2D eigenvalue weighted by Crippen LogP contribution is -1.77. The first-order valence-corrected chi connectivity index (χ1v) is 2.53. The van der Waals surface area contributed by atoms with Crippen molar-refractivity contribution in [2.75, 3.05) is 6.61 Å². The molecule has 0 aromatic heterocycles. The van der Waals surface area contributed by atoms with Gasteiger partial charge in [-0.3, -0.25) is 0 Å². The SMILES string of the molecule is [CH]=CCCCC[O]. The fourth-order valence-electron chi connectivity index (χ4n) is 0.364. The van der Waals surface area contributed by atoms with Crippen molar-refractivity contribution in [2.45, 2.75) is 19.3 Å². The lowest BCUT2D eigenvalue weighted by molar-refractivity contribution is 0.187. The average Bonchev–Trinajstić information content (AvgIpc) is 1.69. The summed E-state index contributed by atoms with van der Waals surface area (Å²) < 4.78 is 0. The molecule has 0 N–H and O–H groups in total. The van der Waals surface area contributed by atoms with E-state index in [1.54, 1.807) is 6.08 Å². The van der Waals surface area contributed by atoms with E-state index in [2.05, 4.69) is 0 Å². The highest BCUT2D eigenvalue weighted by molar-refractivity contribution is 4.60. The van der Waals surface area contributed by atoms with E-state index >= 15 is 0 Å². The van der Waals surface area contributed by atoms with Crippen molar-refractivity contribution >= 4 is 0 Å². The molecule has 0 atom stereocenters. The number of hydrogen-bond acceptors (Lipinski definition) is 0. The van der Waals surface area contributed by atoms with E-state index in [0.717, 1.165) is 19.3 Å². The Labute approximate surface area is 44.7 Å². The fraction of sp³-hybridized carbons (Fsp3) is 0.667. The lowest BCUT2D eigenvalue weighted by Gasteiger charge is -1.85. The van der Waals surface area contributed by atoms with Gasteiger partial charge in [-0.05, 0) is 19.3 Å². The second-order valence-corrected chi connectivity index (χ2v) is 1.44. The molecule has 0 fully saturated rings. The topological polar surface area (TPSA) is 19.9 Å². The van der Waals surface area contributed by atoms with Gasteiger partial charge in [-0.1, -0.05) is 12.7 Å². The van der Waals surface area contributed by atoms with Crippen LogP contribution in [-0.4, -0.2) is 6.61 Å². The summed E-state index contributed by atoms with van der Waals surface area (Å²) in [6.07, 6.45) is 4.17. The summed E-state index contributed by atoms with van der Waals surface area (Å²) in [6, 6.07) is 0. The Bertz CT molecular complexity index is 41.4. The maximum atomic E-state index is 9.75. The van der Waals surface area contributed by atoms with Crippen LogP contribution < -0.4 is 0 Å². The van der Waals surface area contributed by atoms with E-state index in [9.17, 15) is 5.11 Å². The zero-order valence-electron chi connectivity index (χ0n) is 4.39. The van der Waals surface area contributed by atoms with Crippen LogP contribution in [-0.2, 0) is 5.11 Å². The monoisotopic (exact) mass is 98.1 g/mol. The van der Waals surface area contributed by atoms with Crippen molar-refractivity contribution in [1.82, 2.24) is 0 Å². The predicted octanol–water partition coefficient (Wildman–Crippen LogP) is 1.58. The molecule has 1 heteroatoms. The van der Waals surface area contributed by atoms with Crippen LogP contribution in [0.4, 0.5) is 0 Å². The minimum absolute atomic E-state index is 0.0356. The van der Waals surface area contributed by atoms with Crippen LogP contribution in [0.5, 0.6) is 0 Å². The van der Waals surface area contributed by atoms with E-state index in [1.807, 2.05) is 0 Å². The highest BCUT2D eigenvalue weighted by Gasteiger charge is 1.79. The molecule has 1 nitrogen and oxygen atoms in total. The lowest BCUT2D eigenvalue weighted by atomic mass is 10.2. The normalized spacial score (nSPS) is 8.71. The van der Waals surface area contributed by atoms with Crippen molar-refractivity contribution in [3.8, 4) is 0 Å². The molecule has 0 aliphatic carbocycles. The Morgan fingerprint density at radius 1 is 1.43 bits per heavy atom. The van der Waals surface area contributed by atoms with Crippen molar-refractivity contribution in [3.63, 3.8) is 0 Å². The fourth-order valence-corrected chi connectivity index (χ4v) is 0.364. The second kappa shape index (κ2) is 5.70. The molecule has 0 aromatic carbocycles. The Balaban J connectivity index is 2.56. The van der Waals surface area contributed by atoms with E-state index in [-0.39, 0.29) is 6.61 Å². The third kappa shape index (κ3) is 5.70. The predicted molar refractivity (Wildman–Crippen MR) is 28.3 cm³/mol. The highest BCUT2D eigenvalue weighted by atomic mass is 16.2. The van der Waals surface area contributed by atoms with Crippen molar-refractivity contribution in [1.29, 1.82) is 0 Å². The van der Waals surface area contributed by atoms with Gasteiger partial charge < -0.3 is 0 Å². The molecular weight excluding hydrogens is 88.1 g/mol. The van der Waals surface area contributed by atoms with Crippen LogP contribution in [0, 0.1) is 6.58 Å². The smallest absolute Gasteiger partial charge is 0.0822 e. The second-order valence-electron chi connectivity index (χ2n) is 1.44. The van der Waals surface area contributed by atoms with E-state index in [0.29, 0.717) is 0 Å². The van der Waals surface area contributed by atoms with Gasteiger partial charge >= 0.3 is 0 Å². The van der Waals surface area contributed by atoms with Crippen LogP contribution in [0.3, 0.4) is 0 Å². The Kier molecular flexibility index (Phi) is 5.46. The molecule has 2 radical (unpaired) electrons. The first-order chi connectivity index (χ1) is 3.41. The summed E-state index contributed by atoms with van der Waals surface area (Å²) in [5.74, 6) is 0. The third-order valence-electron chi connectivity index (χ3n) is 0.765.